The summed E-state index contributed by atoms with van der Waals surface area (Å²) in [5.74, 6) is 1.91. The maximum atomic E-state index is 10.5. The summed E-state index contributed by atoms with van der Waals surface area (Å²) in [6.45, 7) is 5.81. The van der Waals surface area contributed by atoms with E-state index in [1.807, 2.05) is 13.0 Å². The number of hydrogen-bond donors (Lipinski definition) is 3. The van der Waals surface area contributed by atoms with Crippen molar-refractivity contribution in [1.82, 2.24) is 9.97 Å². The van der Waals surface area contributed by atoms with Crippen LogP contribution in [0.3, 0.4) is 0 Å². The maximum absolute atomic E-state index is 10.5. The van der Waals surface area contributed by atoms with E-state index in [-0.39, 0.29) is 6.61 Å². The molecule has 0 radical (unpaired) electrons. The Morgan fingerprint density at radius 3 is 2.60 bits per heavy atom. The molecule has 1 heterocycles. The number of anilines is 2. The molecule has 0 aliphatic rings. The first-order valence-corrected chi connectivity index (χ1v) is 6.87. The minimum atomic E-state index is -0.466. The van der Waals surface area contributed by atoms with Crippen LogP contribution in [0.25, 0.3) is 0 Å². The van der Waals surface area contributed by atoms with Crippen molar-refractivity contribution in [2.45, 2.75) is 26.7 Å². The van der Waals surface area contributed by atoms with Gasteiger partial charge in [0.1, 0.15) is 24.1 Å². The van der Waals surface area contributed by atoms with E-state index in [2.05, 4.69) is 27.5 Å². The Hall–Kier alpha value is -1.89. The summed E-state index contributed by atoms with van der Waals surface area (Å²) in [5.41, 5.74) is 4.98. The molecular formula is C13H23N5O2. The quantitative estimate of drug-likeness (QED) is 0.548. The van der Waals surface area contributed by atoms with Gasteiger partial charge in [-0.15, -0.1) is 0 Å². The number of rotatable bonds is 10. The van der Waals surface area contributed by atoms with Gasteiger partial charge >= 0.3 is 0 Å². The van der Waals surface area contributed by atoms with Crippen molar-refractivity contribution in [3.8, 4) is 0 Å². The van der Waals surface area contributed by atoms with Gasteiger partial charge in [0.05, 0.1) is 6.61 Å². The fraction of sp³-hybridized carbons (Fsp3) is 0.615. The summed E-state index contributed by atoms with van der Waals surface area (Å²) < 4.78 is 5.08. The predicted octanol–water partition coefficient (Wildman–Crippen LogP) is 0.775. The van der Waals surface area contributed by atoms with Crippen LogP contribution in [0.1, 0.15) is 26.1 Å². The van der Waals surface area contributed by atoms with Gasteiger partial charge in [0, 0.05) is 25.6 Å². The van der Waals surface area contributed by atoms with E-state index >= 15 is 0 Å². The van der Waals surface area contributed by atoms with Crippen LogP contribution in [0.5, 0.6) is 0 Å². The molecule has 0 aliphatic heterocycles. The third-order valence-corrected chi connectivity index (χ3v) is 2.40. The summed E-state index contributed by atoms with van der Waals surface area (Å²) in [5, 5.41) is 6.33. The highest BCUT2D eigenvalue weighted by Gasteiger charge is 2.03. The number of nitrogens with one attached hydrogen (secondary N) is 2. The van der Waals surface area contributed by atoms with Crippen molar-refractivity contribution in [3.63, 3.8) is 0 Å². The molecule has 0 saturated carbocycles. The molecule has 1 aromatic heterocycles. The van der Waals surface area contributed by atoms with Crippen LogP contribution in [0.2, 0.25) is 0 Å². The fourth-order valence-electron chi connectivity index (χ4n) is 1.62. The number of amides is 1. The van der Waals surface area contributed by atoms with E-state index in [1.54, 1.807) is 0 Å². The Morgan fingerprint density at radius 1 is 1.30 bits per heavy atom. The zero-order chi connectivity index (χ0) is 14.8. The number of carbonyl (C=O) groups excluding carboxylic acids is 1. The lowest BCUT2D eigenvalue weighted by Gasteiger charge is -2.10. The van der Waals surface area contributed by atoms with Crippen LogP contribution in [0.15, 0.2) is 6.07 Å². The second kappa shape index (κ2) is 9.08. The molecule has 20 heavy (non-hydrogen) atoms. The number of ether oxygens (including phenoxy) is 1. The molecule has 0 atom stereocenters. The molecule has 1 aromatic rings. The zero-order valence-electron chi connectivity index (χ0n) is 12.1. The third-order valence-electron chi connectivity index (χ3n) is 2.40. The third kappa shape index (κ3) is 6.33. The first-order valence-electron chi connectivity index (χ1n) is 6.87. The maximum Gasteiger partial charge on any atom is 0.243 e. The van der Waals surface area contributed by atoms with Gasteiger partial charge in [-0.05, 0) is 13.3 Å². The second-order valence-corrected chi connectivity index (χ2v) is 4.28. The van der Waals surface area contributed by atoms with E-state index in [9.17, 15) is 4.79 Å². The van der Waals surface area contributed by atoms with Gasteiger partial charge < -0.3 is 21.1 Å². The SMILES string of the molecule is CCCc1nc(NCC)cc(NCCOCC(N)=O)n1. The molecular weight excluding hydrogens is 258 g/mol. The highest BCUT2D eigenvalue weighted by Crippen LogP contribution is 2.12. The normalized spacial score (nSPS) is 10.3. The zero-order valence-corrected chi connectivity index (χ0v) is 12.1. The number of aromatic nitrogens is 2. The minimum Gasteiger partial charge on any atom is -0.370 e. The minimum absolute atomic E-state index is 0.0603. The van der Waals surface area contributed by atoms with E-state index in [4.69, 9.17) is 10.5 Å². The molecule has 0 spiro atoms. The Balaban J connectivity index is 2.52. The second-order valence-electron chi connectivity index (χ2n) is 4.28. The van der Waals surface area contributed by atoms with Crippen molar-refractivity contribution >= 4 is 17.5 Å². The fourth-order valence-corrected chi connectivity index (χ4v) is 1.62. The number of hydrogen-bond acceptors (Lipinski definition) is 6. The van der Waals surface area contributed by atoms with Gasteiger partial charge in [-0.3, -0.25) is 4.79 Å². The Kier molecular flexibility index (Phi) is 7.34. The summed E-state index contributed by atoms with van der Waals surface area (Å²) in [6, 6.07) is 1.86. The molecule has 0 unspecified atom stereocenters. The largest absolute Gasteiger partial charge is 0.370 e. The number of carbonyl (C=O) groups is 1. The van der Waals surface area contributed by atoms with Gasteiger partial charge in [-0.25, -0.2) is 9.97 Å². The van der Waals surface area contributed by atoms with Crippen LogP contribution in [0, 0.1) is 0 Å². The monoisotopic (exact) mass is 281 g/mol. The van der Waals surface area contributed by atoms with E-state index in [1.165, 1.54) is 0 Å². The van der Waals surface area contributed by atoms with Crippen molar-refractivity contribution in [1.29, 1.82) is 0 Å². The van der Waals surface area contributed by atoms with Crippen molar-refractivity contribution in [2.75, 3.05) is 36.9 Å². The molecule has 0 fully saturated rings. The summed E-state index contributed by atoms with van der Waals surface area (Å²) in [7, 11) is 0. The molecule has 1 rings (SSSR count). The first kappa shape index (κ1) is 16.2. The van der Waals surface area contributed by atoms with Gasteiger partial charge in [0.2, 0.25) is 5.91 Å². The van der Waals surface area contributed by atoms with Crippen LogP contribution in [-0.2, 0) is 16.0 Å². The van der Waals surface area contributed by atoms with E-state index in [0.717, 1.165) is 36.8 Å². The van der Waals surface area contributed by atoms with Crippen LogP contribution in [0.4, 0.5) is 11.6 Å². The lowest BCUT2D eigenvalue weighted by molar-refractivity contribution is -0.122. The Labute approximate surface area is 119 Å². The highest BCUT2D eigenvalue weighted by atomic mass is 16.5. The number of nitrogens with two attached hydrogens (primary N) is 1. The molecule has 4 N–H and O–H groups in total. The molecule has 7 nitrogen and oxygen atoms in total. The molecule has 1 amide bonds. The lowest BCUT2D eigenvalue weighted by Crippen LogP contribution is -2.21. The van der Waals surface area contributed by atoms with Gasteiger partial charge in [-0.2, -0.15) is 0 Å². The van der Waals surface area contributed by atoms with Gasteiger partial charge in [-0.1, -0.05) is 6.92 Å². The predicted molar refractivity (Wildman–Crippen MR) is 78.7 cm³/mol. The van der Waals surface area contributed by atoms with Crippen molar-refractivity contribution in [2.24, 2.45) is 5.73 Å². The number of nitrogens with zero attached hydrogens (tertiary/aromatic N) is 2. The van der Waals surface area contributed by atoms with Crippen molar-refractivity contribution < 1.29 is 9.53 Å². The van der Waals surface area contributed by atoms with Crippen LogP contribution < -0.4 is 16.4 Å². The summed E-state index contributed by atoms with van der Waals surface area (Å²) >= 11 is 0. The smallest absolute Gasteiger partial charge is 0.243 e. The summed E-state index contributed by atoms with van der Waals surface area (Å²) in [4.78, 5) is 19.4. The Bertz CT molecular complexity index is 401. The first-order chi connectivity index (χ1) is 9.65. The molecule has 0 bridgehead atoms. The van der Waals surface area contributed by atoms with Crippen LogP contribution >= 0.6 is 0 Å². The van der Waals surface area contributed by atoms with Crippen molar-refractivity contribution in [3.05, 3.63) is 11.9 Å². The molecule has 7 heteroatoms. The van der Waals surface area contributed by atoms with Gasteiger partial charge in [0.15, 0.2) is 0 Å². The average molecular weight is 281 g/mol. The Morgan fingerprint density at radius 2 is 2.00 bits per heavy atom. The lowest BCUT2D eigenvalue weighted by atomic mass is 10.3. The van der Waals surface area contributed by atoms with E-state index in [0.29, 0.717) is 13.2 Å². The van der Waals surface area contributed by atoms with Crippen LogP contribution in [-0.4, -0.2) is 42.2 Å². The topological polar surface area (TPSA) is 102 Å². The average Bonchev–Trinajstić information content (AvgIpc) is 2.38. The number of primary amides is 1. The van der Waals surface area contributed by atoms with Gasteiger partial charge in [0.25, 0.3) is 0 Å². The molecule has 112 valence electrons. The molecule has 0 aliphatic carbocycles. The van der Waals surface area contributed by atoms with E-state index < -0.39 is 5.91 Å². The molecule has 0 saturated heterocycles. The number of aryl methyl sites for hydroxylation is 1. The highest BCUT2D eigenvalue weighted by molar-refractivity contribution is 5.74. The summed E-state index contributed by atoms with van der Waals surface area (Å²) in [6.07, 6.45) is 1.84. The molecule has 0 aromatic carbocycles. The standard InChI is InChI=1S/C13H23N5O2/c1-3-5-11-17-12(15-4-2)8-13(18-11)16-6-7-20-9-10(14)19/h8H,3-7,9H2,1-2H3,(H2,14,19)(H2,15,16,17,18).